The number of hydrogen-bond donors (Lipinski definition) is 3. The van der Waals surface area contributed by atoms with Crippen LogP contribution in [-0.4, -0.2) is 44.8 Å². The van der Waals surface area contributed by atoms with E-state index >= 15 is 0 Å². The Hall–Kier alpha value is -1.56. The highest BCUT2D eigenvalue weighted by Crippen LogP contribution is 2.29. The number of nitrogens with one attached hydrogen (secondary N) is 1. The molecule has 88 valence electrons. The largest absolute Gasteiger partial charge is 0.386 e. The zero-order valence-electron chi connectivity index (χ0n) is 9.40. The number of aromatic amines is 1. The molecule has 0 aromatic carbocycles. The minimum absolute atomic E-state index is 0.142. The monoisotopic (exact) mass is 224 g/mol. The first kappa shape index (κ1) is 10.9. The maximum Gasteiger partial charge on any atom is 0.272 e. The Morgan fingerprint density at radius 2 is 2.31 bits per heavy atom. The zero-order valence-corrected chi connectivity index (χ0v) is 9.40. The first-order chi connectivity index (χ1) is 7.42. The normalized spacial score (nSPS) is 18.6. The molecular weight excluding hydrogens is 208 g/mol. The number of β-amino-alcohol motifs (C(OH)–C–C–N with tert-alkyl or cyclic N) is 1. The second kappa shape index (κ2) is 3.48. The predicted octanol–water partition coefficient (Wildman–Crippen LogP) is -0.165. The van der Waals surface area contributed by atoms with Crippen LogP contribution in [0.1, 0.15) is 24.3 Å². The summed E-state index contributed by atoms with van der Waals surface area (Å²) in [5.74, 6) is 0.265. The number of amides is 1. The molecule has 2 heterocycles. The van der Waals surface area contributed by atoms with Crippen molar-refractivity contribution in [3.05, 3.63) is 11.8 Å². The van der Waals surface area contributed by atoms with Gasteiger partial charge in [-0.2, -0.15) is 5.10 Å². The van der Waals surface area contributed by atoms with Gasteiger partial charge in [0.1, 0.15) is 17.1 Å². The summed E-state index contributed by atoms with van der Waals surface area (Å²) in [5, 5.41) is 16.3. The van der Waals surface area contributed by atoms with E-state index < -0.39 is 5.60 Å². The SMILES string of the molecule is CC(C)C1(O)CN(C(=O)c2cc(N)n[nH]2)C1. The van der Waals surface area contributed by atoms with Crippen LogP contribution in [0.3, 0.4) is 0 Å². The maximum atomic E-state index is 11.8. The molecule has 1 aliphatic rings. The lowest BCUT2D eigenvalue weighted by Crippen LogP contribution is -2.66. The van der Waals surface area contributed by atoms with Gasteiger partial charge in [-0.25, -0.2) is 0 Å². The van der Waals surface area contributed by atoms with Crippen molar-refractivity contribution in [2.45, 2.75) is 19.4 Å². The molecule has 0 spiro atoms. The number of nitrogens with two attached hydrogens (primary N) is 1. The molecule has 0 bridgehead atoms. The lowest BCUT2D eigenvalue weighted by Gasteiger charge is -2.48. The van der Waals surface area contributed by atoms with E-state index in [1.165, 1.54) is 6.07 Å². The van der Waals surface area contributed by atoms with E-state index in [2.05, 4.69) is 10.2 Å². The zero-order chi connectivity index (χ0) is 11.9. The number of aliphatic hydroxyl groups is 1. The van der Waals surface area contributed by atoms with Gasteiger partial charge in [0.25, 0.3) is 5.91 Å². The quantitative estimate of drug-likeness (QED) is 0.650. The van der Waals surface area contributed by atoms with Crippen LogP contribution >= 0.6 is 0 Å². The second-order valence-corrected chi connectivity index (χ2v) is 4.63. The smallest absolute Gasteiger partial charge is 0.272 e. The van der Waals surface area contributed by atoms with E-state index in [9.17, 15) is 9.90 Å². The highest BCUT2D eigenvalue weighted by atomic mass is 16.3. The molecule has 0 atom stereocenters. The molecule has 1 saturated heterocycles. The van der Waals surface area contributed by atoms with Crippen molar-refractivity contribution < 1.29 is 9.90 Å². The summed E-state index contributed by atoms with van der Waals surface area (Å²) >= 11 is 0. The van der Waals surface area contributed by atoms with Gasteiger partial charge in [0.15, 0.2) is 0 Å². The molecule has 16 heavy (non-hydrogen) atoms. The van der Waals surface area contributed by atoms with Gasteiger partial charge in [0.2, 0.25) is 0 Å². The molecule has 1 fully saturated rings. The van der Waals surface area contributed by atoms with Crippen LogP contribution in [0.25, 0.3) is 0 Å². The van der Waals surface area contributed by atoms with E-state index in [-0.39, 0.29) is 11.8 Å². The van der Waals surface area contributed by atoms with Gasteiger partial charge < -0.3 is 15.7 Å². The maximum absolute atomic E-state index is 11.8. The van der Waals surface area contributed by atoms with E-state index in [1.54, 1.807) is 4.90 Å². The number of nitrogens with zero attached hydrogens (tertiary/aromatic N) is 2. The molecule has 0 radical (unpaired) electrons. The molecule has 1 aromatic rings. The van der Waals surface area contributed by atoms with Crippen molar-refractivity contribution in [1.29, 1.82) is 0 Å². The fourth-order valence-electron chi connectivity index (χ4n) is 1.74. The molecule has 1 aliphatic heterocycles. The fraction of sp³-hybridized carbons (Fsp3) is 0.600. The van der Waals surface area contributed by atoms with Crippen molar-refractivity contribution >= 4 is 11.7 Å². The number of rotatable bonds is 2. The van der Waals surface area contributed by atoms with Crippen molar-refractivity contribution in [3.63, 3.8) is 0 Å². The van der Waals surface area contributed by atoms with Gasteiger partial charge in [-0.1, -0.05) is 13.8 Å². The number of hydrogen-bond acceptors (Lipinski definition) is 4. The Balaban J connectivity index is 2.00. The Kier molecular flexibility index (Phi) is 2.38. The molecule has 0 saturated carbocycles. The minimum atomic E-state index is -0.749. The Bertz CT molecular complexity index is 407. The molecule has 4 N–H and O–H groups in total. The molecule has 1 amide bonds. The second-order valence-electron chi connectivity index (χ2n) is 4.63. The van der Waals surface area contributed by atoms with Gasteiger partial charge in [-0.05, 0) is 5.92 Å². The van der Waals surface area contributed by atoms with Crippen molar-refractivity contribution in [3.8, 4) is 0 Å². The number of H-pyrrole nitrogens is 1. The summed E-state index contributed by atoms with van der Waals surface area (Å²) in [7, 11) is 0. The molecule has 1 aromatic heterocycles. The topological polar surface area (TPSA) is 95.2 Å². The standard InChI is InChI=1S/C10H16N4O2/c1-6(2)10(16)4-14(5-10)9(15)7-3-8(11)13-12-7/h3,6,16H,4-5H2,1-2H3,(H3,11,12,13). The van der Waals surface area contributed by atoms with E-state index in [0.717, 1.165) is 0 Å². The van der Waals surface area contributed by atoms with Crippen molar-refractivity contribution in [2.75, 3.05) is 18.8 Å². The molecular formula is C10H16N4O2. The van der Waals surface area contributed by atoms with E-state index in [4.69, 9.17) is 5.73 Å². The van der Waals surface area contributed by atoms with Gasteiger partial charge in [-0.15, -0.1) is 0 Å². The first-order valence-corrected chi connectivity index (χ1v) is 5.25. The van der Waals surface area contributed by atoms with Gasteiger partial charge in [-0.3, -0.25) is 9.89 Å². The van der Waals surface area contributed by atoms with Crippen LogP contribution in [-0.2, 0) is 0 Å². The summed E-state index contributed by atoms with van der Waals surface area (Å²) in [6.45, 7) is 4.61. The summed E-state index contributed by atoms with van der Waals surface area (Å²) in [5.41, 5.74) is 5.03. The van der Waals surface area contributed by atoms with E-state index in [1.807, 2.05) is 13.8 Å². The van der Waals surface area contributed by atoms with Crippen molar-refractivity contribution in [1.82, 2.24) is 15.1 Å². The van der Waals surface area contributed by atoms with Gasteiger partial charge in [0.05, 0.1) is 13.1 Å². The van der Waals surface area contributed by atoms with Gasteiger partial charge >= 0.3 is 0 Å². The lowest BCUT2D eigenvalue weighted by molar-refractivity contribution is -0.111. The molecule has 0 aliphatic carbocycles. The number of carbonyl (C=O) groups excluding carboxylic acids is 1. The number of likely N-dealkylation sites (tertiary alicyclic amines) is 1. The highest BCUT2D eigenvalue weighted by molar-refractivity contribution is 5.93. The number of aromatic nitrogens is 2. The van der Waals surface area contributed by atoms with Crippen LogP contribution in [0.5, 0.6) is 0 Å². The first-order valence-electron chi connectivity index (χ1n) is 5.25. The average molecular weight is 224 g/mol. The number of carbonyl (C=O) groups is 1. The minimum Gasteiger partial charge on any atom is -0.386 e. The van der Waals surface area contributed by atoms with E-state index in [0.29, 0.717) is 24.6 Å². The summed E-state index contributed by atoms with van der Waals surface area (Å²) in [4.78, 5) is 13.4. The predicted molar refractivity (Wildman–Crippen MR) is 58.7 cm³/mol. The molecule has 2 rings (SSSR count). The van der Waals surface area contributed by atoms with Crippen LogP contribution in [0.4, 0.5) is 5.82 Å². The molecule has 6 heteroatoms. The van der Waals surface area contributed by atoms with Crippen LogP contribution in [0.2, 0.25) is 0 Å². The van der Waals surface area contributed by atoms with Crippen LogP contribution in [0, 0.1) is 5.92 Å². The fourth-order valence-corrected chi connectivity index (χ4v) is 1.74. The number of nitrogen functional groups attached to an aromatic ring is 1. The Morgan fingerprint density at radius 3 is 2.75 bits per heavy atom. The van der Waals surface area contributed by atoms with Crippen LogP contribution < -0.4 is 5.73 Å². The Labute approximate surface area is 93.4 Å². The van der Waals surface area contributed by atoms with Crippen LogP contribution in [0.15, 0.2) is 6.07 Å². The number of anilines is 1. The third-order valence-electron chi connectivity index (χ3n) is 3.12. The van der Waals surface area contributed by atoms with Gasteiger partial charge in [0, 0.05) is 6.07 Å². The van der Waals surface area contributed by atoms with Crippen molar-refractivity contribution in [2.24, 2.45) is 5.92 Å². The summed E-state index contributed by atoms with van der Waals surface area (Å²) in [6.07, 6.45) is 0. The molecule has 0 unspecified atom stereocenters. The molecule has 6 nitrogen and oxygen atoms in total. The highest BCUT2D eigenvalue weighted by Gasteiger charge is 2.46. The average Bonchev–Trinajstić information content (AvgIpc) is 2.58. The summed E-state index contributed by atoms with van der Waals surface area (Å²) < 4.78 is 0. The summed E-state index contributed by atoms with van der Waals surface area (Å²) in [6, 6.07) is 1.50. The third kappa shape index (κ3) is 1.65. The Morgan fingerprint density at radius 1 is 1.69 bits per heavy atom. The third-order valence-corrected chi connectivity index (χ3v) is 3.12. The lowest BCUT2D eigenvalue weighted by atomic mass is 9.83.